The number of sulfonamides is 1. The average molecular weight is 529 g/mol. The highest BCUT2D eigenvalue weighted by Crippen LogP contribution is 2.20. The lowest BCUT2D eigenvalue weighted by Crippen LogP contribution is -2.29. The van der Waals surface area contributed by atoms with Gasteiger partial charge in [-0.25, -0.2) is 30.8 Å². The summed E-state index contributed by atoms with van der Waals surface area (Å²) in [6.45, 7) is 4.60. The molecule has 2 aromatic rings. The second kappa shape index (κ2) is 12.2. The molecule has 10 nitrogen and oxygen atoms in total. The van der Waals surface area contributed by atoms with Crippen LogP contribution in [0.3, 0.4) is 0 Å². The van der Waals surface area contributed by atoms with E-state index in [0.29, 0.717) is 12.1 Å². The lowest BCUT2D eigenvalue weighted by Gasteiger charge is -2.08. The quantitative estimate of drug-likeness (QED) is 0.132. The summed E-state index contributed by atoms with van der Waals surface area (Å²) < 4.78 is 92.4. The van der Waals surface area contributed by atoms with Crippen molar-refractivity contribution in [2.45, 2.75) is 38.7 Å². The molecule has 0 aliphatic rings. The number of hydrogen-bond acceptors (Lipinski definition) is 7. The first-order valence-electron chi connectivity index (χ1n) is 9.79. The van der Waals surface area contributed by atoms with Crippen molar-refractivity contribution in [1.82, 2.24) is 9.40 Å². The second-order valence-electron chi connectivity index (χ2n) is 7.09. The molecule has 0 fully saturated rings. The van der Waals surface area contributed by atoms with E-state index >= 15 is 0 Å². The van der Waals surface area contributed by atoms with Gasteiger partial charge >= 0.3 is 5.51 Å². The minimum Gasteiger partial charge on any atom is -0.741 e. The Morgan fingerprint density at radius 3 is 2.18 bits per heavy atom. The zero-order valence-corrected chi connectivity index (χ0v) is 20.7. The number of unbranched alkanes of at least 4 members (excludes halogenated alkanes) is 1. The number of nitrogens with one attached hydrogen (secondary N) is 1. The molecular weight excluding hydrogens is 501 g/mol. The van der Waals surface area contributed by atoms with Crippen molar-refractivity contribution in [3.05, 3.63) is 48.0 Å². The van der Waals surface area contributed by atoms with Crippen LogP contribution in [-0.2, 0) is 33.7 Å². The van der Waals surface area contributed by atoms with E-state index in [1.807, 2.05) is 55.2 Å². The van der Waals surface area contributed by atoms with E-state index in [1.165, 1.54) is 0 Å². The Hall–Kier alpha value is -2.65. The van der Waals surface area contributed by atoms with E-state index in [2.05, 4.69) is 14.5 Å². The Morgan fingerprint density at radius 1 is 1.18 bits per heavy atom. The van der Waals surface area contributed by atoms with Crippen LogP contribution in [0.15, 0.2) is 41.8 Å². The van der Waals surface area contributed by atoms with Crippen LogP contribution in [0.25, 0.3) is 0 Å². The smallest absolute Gasteiger partial charge is 0.485 e. The number of ether oxygens (including phenoxy) is 1. The zero-order valence-electron chi connectivity index (χ0n) is 19.0. The fraction of sp³-hybridized carbons (Fsp3) is 0.474. The highest BCUT2D eigenvalue weighted by Gasteiger charge is 2.36. The molecule has 34 heavy (non-hydrogen) atoms. The maximum atomic E-state index is 12.1. The van der Waals surface area contributed by atoms with E-state index < -0.39 is 25.6 Å². The molecule has 0 aliphatic heterocycles. The van der Waals surface area contributed by atoms with Crippen molar-refractivity contribution < 1.29 is 43.9 Å². The lowest BCUT2D eigenvalue weighted by molar-refractivity contribution is -0.677. The Kier molecular flexibility index (Phi) is 10.5. The van der Waals surface area contributed by atoms with Gasteiger partial charge in [0, 0.05) is 6.92 Å². The van der Waals surface area contributed by atoms with Crippen LogP contribution in [0, 0.1) is 6.92 Å². The van der Waals surface area contributed by atoms with Crippen molar-refractivity contribution in [2.75, 3.05) is 12.9 Å². The van der Waals surface area contributed by atoms with Crippen LogP contribution >= 0.6 is 0 Å². The van der Waals surface area contributed by atoms with Crippen LogP contribution in [-0.4, -0.2) is 50.0 Å². The SMILES string of the molecule is COc1ccc(/C(C)=N\NS(=O)(=O)CCCCn2cc[n+](C)c2C)cc1.O=S(=O)([O-])C(F)(F)F. The summed E-state index contributed by atoms with van der Waals surface area (Å²) in [6.07, 6.45) is 5.36. The van der Waals surface area contributed by atoms with E-state index in [0.717, 1.165) is 30.1 Å². The minimum absolute atomic E-state index is 0.0544. The summed E-state index contributed by atoms with van der Waals surface area (Å²) in [5.74, 6) is 1.94. The highest BCUT2D eigenvalue weighted by molar-refractivity contribution is 7.89. The molecule has 1 aromatic heterocycles. The monoisotopic (exact) mass is 528 g/mol. The molecule has 1 aromatic carbocycles. The molecular formula is C19H27F3N4O6S2. The third-order valence-electron chi connectivity index (χ3n) is 4.60. The maximum absolute atomic E-state index is 12.1. The predicted molar refractivity (Wildman–Crippen MR) is 117 cm³/mol. The summed E-state index contributed by atoms with van der Waals surface area (Å²) >= 11 is 0. The number of alkyl halides is 3. The molecule has 0 atom stereocenters. The van der Waals surface area contributed by atoms with Gasteiger partial charge in [0.2, 0.25) is 10.0 Å². The fourth-order valence-electron chi connectivity index (χ4n) is 2.49. The number of benzene rings is 1. The van der Waals surface area contributed by atoms with Gasteiger partial charge in [-0.3, -0.25) is 0 Å². The van der Waals surface area contributed by atoms with Crippen molar-refractivity contribution >= 4 is 25.9 Å². The van der Waals surface area contributed by atoms with E-state index in [4.69, 9.17) is 17.7 Å². The Bertz CT molecular complexity index is 1180. The van der Waals surface area contributed by atoms with E-state index in [-0.39, 0.29) is 5.75 Å². The molecule has 0 aliphatic carbocycles. The normalized spacial score (nSPS) is 12.6. The Labute approximate surface area is 196 Å². The second-order valence-corrected chi connectivity index (χ2v) is 10.3. The third-order valence-corrected chi connectivity index (χ3v) is 6.36. The number of aryl methyl sites for hydroxylation is 2. The van der Waals surface area contributed by atoms with Gasteiger partial charge in [0.1, 0.15) is 18.1 Å². The molecule has 0 saturated heterocycles. The summed E-state index contributed by atoms with van der Waals surface area (Å²) in [4.78, 5) is 2.32. The number of hydrogen-bond donors (Lipinski definition) is 1. The number of imidazole rings is 1. The first kappa shape index (κ1) is 29.4. The molecule has 0 amide bonds. The molecule has 2 rings (SSSR count). The minimum atomic E-state index is -6.09. The van der Waals surface area contributed by atoms with Gasteiger partial charge in [-0.05, 0) is 49.6 Å². The van der Waals surface area contributed by atoms with E-state index in [1.54, 1.807) is 14.0 Å². The van der Waals surface area contributed by atoms with Crippen LogP contribution in [0.5, 0.6) is 5.75 Å². The maximum Gasteiger partial charge on any atom is 0.485 e. The van der Waals surface area contributed by atoms with E-state index in [9.17, 15) is 21.6 Å². The number of halogens is 3. The van der Waals surface area contributed by atoms with Gasteiger partial charge in [-0.1, -0.05) is 0 Å². The number of nitrogens with zero attached hydrogens (tertiary/aromatic N) is 3. The average Bonchev–Trinajstić information content (AvgIpc) is 3.06. The molecule has 1 heterocycles. The number of rotatable bonds is 9. The zero-order chi connectivity index (χ0) is 26.2. The van der Waals surface area contributed by atoms with Crippen molar-refractivity contribution in [3.8, 4) is 5.75 Å². The molecule has 1 N–H and O–H groups in total. The molecule has 15 heteroatoms. The van der Waals surface area contributed by atoms with Gasteiger partial charge in [-0.2, -0.15) is 18.3 Å². The van der Waals surface area contributed by atoms with Gasteiger partial charge < -0.3 is 9.29 Å². The van der Waals surface area contributed by atoms with Crippen molar-refractivity contribution in [1.29, 1.82) is 0 Å². The van der Waals surface area contributed by atoms with Crippen LogP contribution in [0.4, 0.5) is 13.2 Å². The predicted octanol–water partition coefficient (Wildman–Crippen LogP) is 1.80. The summed E-state index contributed by atoms with van der Waals surface area (Å²) in [5, 5.41) is 4.01. The van der Waals surface area contributed by atoms with Crippen molar-refractivity contribution in [2.24, 2.45) is 12.1 Å². The summed E-state index contributed by atoms with van der Waals surface area (Å²) in [5.41, 5.74) is -4.20. The van der Waals surface area contributed by atoms with Gasteiger partial charge in [0.05, 0.1) is 32.2 Å². The van der Waals surface area contributed by atoms with Crippen LogP contribution in [0.1, 0.15) is 31.2 Å². The summed E-state index contributed by atoms with van der Waals surface area (Å²) in [7, 11) is -5.94. The molecule has 0 radical (unpaired) electrons. The molecule has 0 spiro atoms. The topological polar surface area (TPSA) is 134 Å². The largest absolute Gasteiger partial charge is 0.741 e. The van der Waals surface area contributed by atoms with Crippen molar-refractivity contribution in [3.63, 3.8) is 0 Å². The van der Waals surface area contributed by atoms with Gasteiger partial charge in [-0.15, -0.1) is 0 Å². The Balaban J connectivity index is 0.000000620. The molecule has 0 bridgehead atoms. The van der Waals surface area contributed by atoms with Crippen LogP contribution in [0.2, 0.25) is 0 Å². The number of aromatic nitrogens is 2. The Morgan fingerprint density at radius 2 is 1.74 bits per heavy atom. The first-order chi connectivity index (χ1) is 15.6. The highest BCUT2D eigenvalue weighted by atomic mass is 32.2. The van der Waals surface area contributed by atoms with Gasteiger partial charge in [0.25, 0.3) is 5.82 Å². The van der Waals surface area contributed by atoms with Crippen LogP contribution < -0.4 is 14.1 Å². The molecule has 192 valence electrons. The summed E-state index contributed by atoms with van der Waals surface area (Å²) in [6, 6.07) is 7.30. The molecule has 0 unspecified atom stereocenters. The first-order valence-corrected chi connectivity index (χ1v) is 12.8. The third kappa shape index (κ3) is 9.69. The fourth-order valence-corrected chi connectivity index (χ4v) is 3.44. The lowest BCUT2D eigenvalue weighted by atomic mass is 10.1. The molecule has 0 saturated carbocycles. The van der Waals surface area contributed by atoms with Gasteiger partial charge in [0.15, 0.2) is 10.1 Å². The number of hydrazone groups is 1. The standard InChI is InChI=1S/C18H27N4O3S.CHF3O3S/c1-15(17-7-9-18(25-4)10-8-17)19-20-26(23,24)14-6-5-11-22-13-12-21(3)16(22)2;2-1(3,4)8(5,6)7/h7-10,12-13,20H,5-6,11,14H2,1-4H3;(H,5,6,7)/q+1;/p-1/b19-15-;. The number of methoxy groups -OCH3 is 1.